The van der Waals surface area contributed by atoms with Crippen molar-refractivity contribution in [2.75, 3.05) is 13.6 Å². The highest BCUT2D eigenvalue weighted by atomic mass is 35.5. The second-order valence-corrected chi connectivity index (χ2v) is 7.61. The number of nitrogens with one attached hydrogen (secondary N) is 2. The van der Waals surface area contributed by atoms with Crippen molar-refractivity contribution in [2.45, 2.75) is 30.7 Å². The fraction of sp³-hybridized carbons (Fsp3) is 0.538. The molecule has 0 aromatic heterocycles. The Morgan fingerprint density at radius 1 is 1.30 bits per heavy atom. The van der Waals surface area contributed by atoms with Crippen LogP contribution in [0.4, 0.5) is 0 Å². The molecule has 1 fully saturated rings. The van der Waals surface area contributed by atoms with E-state index in [0.717, 1.165) is 12.8 Å². The zero-order valence-electron chi connectivity index (χ0n) is 11.2. The van der Waals surface area contributed by atoms with E-state index in [1.807, 2.05) is 0 Å². The summed E-state index contributed by atoms with van der Waals surface area (Å²) < 4.78 is 27.3. The lowest BCUT2D eigenvalue weighted by Gasteiger charge is -2.25. The van der Waals surface area contributed by atoms with E-state index in [4.69, 9.17) is 23.2 Å². The number of rotatable bonds is 6. The van der Waals surface area contributed by atoms with Gasteiger partial charge in [-0.05, 0) is 43.5 Å². The van der Waals surface area contributed by atoms with E-state index in [-0.39, 0.29) is 9.92 Å². The van der Waals surface area contributed by atoms with E-state index in [9.17, 15) is 8.42 Å². The molecule has 112 valence electrons. The minimum Gasteiger partial charge on any atom is -0.316 e. The Balaban J connectivity index is 2.25. The molecule has 0 saturated heterocycles. The molecule has 0 unspecified atom stereocenters. The largest absolute Gasteiger partial charge is 0.316 e. The zero-order valence-corrected chi connectivity index (χ0v) is 13.6. The lowest BCUT2D eigenvalue weighted by atomic mass is 9.86. The SMILES string of the molecule is CNCc1cc(Cl)cc(S(=O)(=O)NCC2CCC2)c1Cl. The number of hydrogen-bond donors (Lipinski definition) is 2. The van der Waals surface area contributed by atoms with Gasteiger partial charge in [0.25, 0.3) is 0 Å². The molecule has 0 aliphatic heterocycles. The summed E-state index contributed by atoms with van der Waals surface area (Å²) in [5, 5.41) is 3.53. The first-order chi connectivity index (χ1) is 9.44. The van der Waals surface area contributed by atoms with Crippen molar-refractivity contribution in [1.29, 1.82) is 0 Å². The maximum absolute atomic E-state index is 12.3. The molecule has 1 aromatic rings. The third-order valence-electron chi connectivity index (χ3n) is 3.52. The molecule has 2 N–H and O–H groups in total. The van der Waals surface area contributed by atoms with Crippen LogP contribution >= 0.6 is 23.2 Å². The van der Waals surface area contributed by atoms with E-state index >= 15 is 0 Å². The van der Waals surface area contributed by atoms with Crippen molar-refractivity contribution in [2.24, 2.45) is 5.92 Å². The van der Waals surface area contributed by atoms with Gasteiger partial charge in [0, 0.05) is 18.1 Å². The van der Waals surface area contributed by atoms with Gasteiger partial charge in [-0.25, -0.2) is 13.1 Å². The van der Waals surface area contributed by atoms with E-state index in [1.54, 1.807) is 13.1 Å². The van der Waals surface area contributed by atoms with Gasteiger partial charge in [-0.15, -0.1) is 0 Å². The molecule has 0 radical (unpaired) electrons. The van der Waals surface area contributed by atoms with Gasteiger partial charge in [0.1, 0.15) is 4.90 Å². The van der Waals surface area contributed by atoms with Crippen LogP contribution in [-0.4, -0.2) is 22.0 Å². The molecule has 0 spiro atoms. The quantitative estimate of drug-likeness (QED) is 0.839. The summed E-state index contributed by atoms with van der Waals surface area (Å²) >= 11 is 12.2. The van der Waals surface area contributed by atoms with E-state index in [0.29, 0.717) is 29.6 Å². The molecular formula is C13H18Cl2N2O2S. The number of sulfonamides is 1. The van der Waals surface area contributed by atoms with Crippen molar-refractivity contribution < 1.29 is 8.42 Å². The molecule has 0 heterocycles. The van der Waals surface area contributed by atoms with Gasteiger partial charge in [0.15, 0.2) is 0 Å². The fourth-order valence-corrected chi connectivity index (χ4v) is 4.18. The van der Waals surface area contributed by atoms with Gasteiger partial charge in [-0.1, -0.05) is 29.6 Å². The van der Waals surface area contributed by atoms with Crippen molar-refractivity contribution in [3.05, 3.63) is 27.7 Å². The standard InChI is InChI=1S/C13H18Cl2N2O2S/c1-16-8-10-5-11(14)6-12(13(10)15)20(18,19)17-7-9-3-2-4-9/h5-6,9,16-17H,2-4,7-8H2,1H3. The molecule has 0 atom stereocenters. The van der Waals surface area contributed by atoms with E-state index in [1.165, 1.54) is 12.5 Å². The maximum Gasteiger partial charge on any atom is 0.242 e. The predicted molar refractivity (Wildman–Crippen MR) is 81.8 cm³/mol. The van der Waals surface area contributed by atoms with Crippen LogP contribution in [-0.2, 0) is 16.6 Å². The van der Waals surface area contributed by atoms with E-state index in [2.05, 4.69) is 10.0 Å². The Hall–Kier alpha value is -0.330. The molecule has 20 heavy (non-hydrogen) atoms. The van der Waals surface area contributed by atoms with Gasteiger partial charge in [0.2, 0.25) is 10.0 Å². The van der Waals surface area contributed by atoms with Gasteiger partial charge in [0.05, 0.1) is 5.02 Å². The number of halogens is 2. The van der Waals surface area contributed by atoms with Gasteiger partial charge in [-0.3, -0.25) is 0 Å². The monoisotopic (exact) mass is 336 g/mol. The zero-order chi connectivity index (χ0) is 14.8. The van der Waals surface area contributed by atoms with Crippen LogP contribution in [0.5, 0.6) is 0 Å². The number of benzene rings is 1. The van der Waals surface area contributed by atoms with Crippen molar-refractivity contribution in [1.82, 2.24) is 10.0 Å². The molecule has 0 amide bonds. The first kappa shape index (κ1) is 16.0. The van der Waals surface area contributed by atoms with Gasteiger partial charge < -0.3 is 5.32 Å². The Morgan fingerprint density at radius 3 is 2.55 bits per heavy atom. The van der Waals surface area contributed by atoms with Crippen LogP contribution in [0.25, 0.3) is 0 Å². The summed E-state index contributed by atoms with van der Waals surface area (Å²) in [6.07, 6.45) is 3.34. The second-order valence-electron chi connectivity index (χ2n) is 5.06. The fourth-order valence-electron chi connectivity index (χ4n) is 2.14. The normalized spacial score (nSPS) is 16.1. The summed E-state index contributed by atoms with van der Waals surface area (Å²) in [7, 11) is -1.86. The van der Waals surface area contributed by atoms with Crippen LogP contribution in [0.15, 0.2) is 17.0 Å². The Morgan fingerprint density at radius 2 is 2.00 bits per heavy atom. The summed E-state index contributed by atoms with van der Waals surface area (Å²) in [6.45, 7) is 0.928. The highest BCUT2D eigenvalue weighted by Gasteiger charge is 2.24. The van der Waals surface area contributed by atoms with Crippen molar-refractivity contribution in [3.63, 3.8) is 0 Å². The topological polar surface area (TPSA) is 58.2 Å². The minimum absolute atomic E-state index is 0.0521. The first-order valence-electron chi connectivity index (χ1n) is 6.56. The third kappa shape index (κ3) is 3.65. The highest BCUT2D eigenvalue weighted by Crippen LogP contribution is 2.30. The molecule has 1 aliphatic carbocycles. The predicted octanol–water partition coefficient (Wildman–Crippen LogP) is 2.79. The van der Waals surface area contributed by atoms with Gasteiger partial charge in [-0.2, -0.15) is 0 Å². The molecule has 1 aromatic carbocycles. The number of hydrogen-bond acceptors (Lipinski definition) is 3. The maximum atomic E-state index is 12.3. The smallest absolute Gasteiger partial charge is 0.242 e. The molecule has 4 nitrogen and oxygen atoms in total. The molecule has 7 heteroatoms. The minimum atomic E-state index is -3.62. The average molecular weight is 337 g/mol. The molecule has 1 saturated carbocycles. The van der Waals surface area contributed by atoms with Gasteiger partial charge >= 0.3 is 0 Å². The highest BCUT2D eigenvalue weighted by molar-refractivity contribution is 7.89. The Kier molecular flexibility index (Phi) is 5.31. The average Bonchev–Trinajstić information content (AvgIpc) is 2.31. The second kappa shape index (κ2) is 6.62. The Bertz CT molecular complexity index is 586. The van der Waals surface area contributed by atoms with Crippen LogP contribution in [0, 0.1) is 5.92 Å². The van der Waals surface area contributed by atoms with Crippen molar-refractivity contribution in [3.8, 4) is 0 Å². The molecule has 2 rings (SSSR count). The van der Waals surface area contributed by atoms with Crippen LogP contribution in [0.2, 0.25) is 10.0 Å². The van der Waals surface area contributed by atoms with Crippen LogP contribution < -0.4 is 10.0 Å². The summed E-state index contributed by atoms with van der Waals surface area (Å²) in [5.41, 5.74) is 0.672. The summed E-state index contributed by atoms with van der Waals surface area (Å²) in [6, 6.07) is 3.07. The van der Waals surface area contributed by atoms with Crippen molar-refractivity contribution >= 4 is 33.2 Å². The molecule has 1 aliphatic rings. The lowest BCUT2D eigenvalue weighted by molar-refractivity contribution is 0.316. The summed E-state index contributed by atoms with van der Waals surface area (Å²) in [5.74, 6) is 0.444. The lowest BCUT2D eigenvalue weighted by Crippen LogP contribution is -2.32. The van der Waals surface area contributed by atoms with E-state index < -0.39 is 10.0 Å². The third-order valence-corrected chi connectivity index (χ3v) is 5.75. The molecular weight excluding hydrogens is 319 g/mol. The molecule has 0 bridgehead atoms. The summed E-state index contributed by atoms with van der Waals surface area (Å²) in [4.78, 5) is 0.0521. The Labute approximate surface area is 129 Å². The van der Waals surface area contributed by atoms with Crippen LogP contribution in [0.3, 0.4) is 0 Å². The first-order valence-corrected chi connectivity index (χ1v) is 8.80. The van der Waals surface area contributed by atoms with Crippen LogP contribution in [0.1, 0.15) is 24.8 Å².